The number of benzene rings is 2. The lowest BCUT2D eigenvalue weighted by Gasteiger charge is -2.32. The van der Waals surface area contributed by atoms with Crippen LogP contribution in [0, 0.1) is 12.8 Å². The van der Waals surface area contributed by atoms with Crippen molar-refractivity contribution in [2.24, 2.45) is 5.92 Å². The molecule has 2 aromatic carbocycles. The third-order valence-electron chi connectivity index (χ3n) is 4.90. The first-order valence-corrected chi connectivity index (χ1v) is 9.96. The topological polar surface area (TPSA) is 58.6 Å². The van der Waals surface area contributed by atoms with Gasteiger partial charge in [-0.05, 0) is 50.1 Å². The number of anilines is 1. The molecule has 0 radical (unpaired) electrons. The zero-order valence-corrected chi connectivity index (χ0v) is 17.0. The molecule has 2 aromatic rings. The van der Waals surface area contributed by atoms with Gasteiger partial charge in [-0.15, -0.1) is 0 Å². The quantitative estimate of drug-likeness (QED) is 0.765. The van der Waals surface area contributed by atoms with Crippen molar-refractivity contribution in [1.82, 2.24) is 4.90 Å². The summed E-state index contributed by atoms with van der Waals surface area (Å²) >= 11 is 6.13. The number of carbonyl (C=O) groups is 2. The van der Waals surface area contributed by atoms with Gasteiger partial charge in [0.05, 0.1) is 11.6 Å². The molecule has 0 aliphatic carbocycles. The molecule has 0 spiro atoms. The minimum atomic E-state index is -0.240. The van der Waals surface area contributed by atoms with Crippen molar-refractivity contribution in [3.63, 3.8) is 0 Å². The zero-order chi connectivity index (χ0) is 20.1. The number of hydrogen-bond donors (Lipinski definition) is 1. The van der Waals surface area contributed by atoms with Crippen LogP contribution in [0.25, 0.3) is 0 Å². The van der Waals surface area contributed by atoms with E-state index in [1.54, 1.807) is 23.1 Å². The van der Waals surface area contributed by atoms with Crippen molar-refractivity contribution in [1.29, 1.82) is 0 Å². The summed E-state index contributed by atoms with van der Waals surface area (Å²) in [7, 11) is 0. The SMILES string of the molecule is CCC(=O)N1CCCC(C(=O)Nc2cc(Cl)ccc2Oc2ccc(C)cc2)C1. The average Bonchev–Trinajstić information content (AvgIpc) is 2.71. The molecule has 28 heavy (non-hydrogen) atoms. The Morgan fingerprint density at radius 2 is 1.96 bits per heavy atom. The Bertz CT molecular complexity index is 851. The lowest BCUT2D eigenvalue weighted by Crippen LogP contribution is -2.43. The molecule has 1 atom stereocenters. The molecule has 1 saturated heterocycles. The Morgan fingerprint density at radius 3 is 2.68 bits per heavy atom. The van der Waals surface area contributed by atoms with E-state index in [0.717, 1.165) is 24.9 Å². The molecule has 6 heteroatoms. The zero-order valence-electron chi connectivity index (χ0n) is 16.2. The Labute approximate surface area is 170 Å². The molecule has 5 nitrogen and oxygen atoms in total. The van der Waals surface area contributed by atoms with Crippen LogP contribution in [0.2, 0.25) is 5.02 Å². The summed E-state index contributed by atoms with van der Waals surface area (Å²) in [6.07, 6.45) is 2.04. The van der Waals surface area contributed by atoms with Gasteiger partial charge in [0, 0.05) is 24.5 Å². The summed E-state index contributed by atoms with van der Waals surface area (Å²) in [6.45, 7) is 5.02. The van der Waals surface area contributed by atoms with Gasteiger partial charge in [0.15, 0.2) is 5.75 Å². The lowest BCUT2D eigenvalue weighted by atomic mass is 9.96. The van der Waals surface area contributed by atoms with Gasteiger partial charge < -0.3 is 15.0 Å². The van der Waals surface area contributed by atoms with E-state index in [0.29, 0.717) is 35.2 Å². The van der Waals surface area contributed by atoms with Crippen LogP contribution >= 0.6 is 11.6 Å². The van der Waals surface area contributed by atoms with Crippen molar-refractivity contribution in [2.45, 2.75) is 33.1 Å². The number of piperidine rings is 1. The minimum Gasteiger partial charge on any atom is -0.455 e. The summed E-state index contributed by atoms with van der Waals surface area (Å²) in [6, 6.07) is 12.8. The summed E-state index contributed by atoms with van der Waals surface area (Å²) in [5.74, 6) is 0.934. The van der Waals surface area contributed by atoms with E-state index < -0.39 is 0 Å². The molecular formula is C22H25ClN2O3. The molecule has 1 aliphatic heterocycles. The van der Waals surface area contributed by atoms with E-state index in [-0.39, 0.29) is 17.7 Å². The lowest BCUT2D eigenvalue weighted by molar-refractivity contribution is -0.134. The number of ether oxygens (including phenoxy) is 1. The summed E-state index contributed by atoms with van der Waals surface area (Å²) < 4.78 is 5.95. The second kappa shape index (κ2) is 9.11. The first-order valence-electron chi connectivity index (χ1n) is 9.59. The molecule has 1 heterocycles. The number of rotatable bonds is 5. The predicted octanol–water partition coefficient (Wildman–Crippen LogP) is 5.03. The van der Waals surface area contributed by atoms with Gasteiger partial charge in [-0.3, -0.25) is 9.59 Å². The number of carbonyl (C=O) groups excluding carboxylic acids is 2. The maximum atomic E-state index is 12.8. The smallest absolute Gasteiger partial charge is 0.229 e. The number of halogens is 1. The van der Waals surface area contributed by atoms with Crippen LogP contribution in [0.15, 0.2) is 42.5 Å². The van der Waals surface area contributed by atoms with Gasteiger partial charge in [-0.1, -0.05) is 36.2 Å². The van der Waals surface area contributed by atoms with Crippen LogP contribution < -0.4 is 10.1 Å². The monoisotopic (exact) mass is 400 g/mol. The van der Waals surface area contributed by atoms with E-state index in [4.69, 9.17) is 16.3 Å². The molecule has 3 rings (SSSR count). The Morgan fingerprint density at radius 1 is 1.21 bits per heavy atom. The van der Waals surface area contributed by atoms with Crippen LogP contribution in [-0.4, -0.2) is 29.8 Å². The minimum absolute atomic E-state index is 0.0867. The van der Waals surface area contributed by atoms with Crippen molar-refractivity contribution < 1.29 is 14.3 Å². The van der Waals surface area contributed by atoms with Gasteiger partial charge >= 0.3 is 0 Å². The first-order chi connectivity index (χ1) is 13.5. The van der Waals surface area contributed by atoms with Gasteiger partial charge in [-0.2, -0.15) is 0 Å². The molecule has 148 valence electrons. The highest BCUT2D eigenvalue weighted by Crippen LogP contribution is 2.33. The van der Waals surface area contributed by atoms with Crippen LogP contribution in [-0.2, 0) is 9.59 Å². The van der Waals surface area contributed by atoms with Gasteiger partial charge in [0.25, 0.3) is 0 Å². The molecule has 1 unspecified atom stereocenters. The second-order valence-electron chi connectivity index (χ2n) is 7.08. The van der Waals surface area contributed by atoms with Gasteiger partial charge in [0.1, 0.15) is 5.75 Å². The number of likely N-dealkylation sites (tertiary alicyclic amines) is 1. The largest absolute Gasteiger partial charge is 0.455 e. The van der Waals surface area contributed by atoms with Gasteiger partial charge in [-0.25, -0.2) is 0 Å². The van der Waals surface area contributed by atoms with Crippen molar-refractivity contribution in [3.05, 3.63) is 53.1 Å². The second-order valence-corrected chi connectivity index (χ2v) is 7.51. The van der Waals surface area contributed by atoms with E-state index in [1.807, 2.05) is 38.1 Å². The standard InChI is InChI=1S/C22H25ClN2O3/c1-3-21(26)25-12-4-5-16(14-25)22(27)24-19-13-17(23)8-11-20(19)28-18-9-6-15(2)7-10-18/h6-11,13,16H,3-5,12,14H2,1-2H3,(H,24,27). The predicted molar refractivity (Wildman–Crippen MR) is 111 cm³/mol. The van der Waals surface area contributed by atoms with Crippen LogP contribution in [0.5, 0.6) is 11.5 Å². The van der Waals surface area contributed by atoms with Crippen molar-refractivity contribution in [3.8, 4) is 11.5 Å². The van der Waals surface area contributed by atoms with Crippen molar-refractivity contribution in [2.75, 3.05) is 18.4 Å². The highest BCUT2D eigenvalue weighted by molar-refractivity contribution is 6.31. The van der Waals surface area contributed by atoms with Crippen LogP contribution in [0.4, 0.5) is 5.69 Å². The molecule has 1 N–H and O–H groups in total. The fraction of sp³-hybridized carbons (Fsp3) is 0.364. The van der Waals surface area contributed by atoms with Crippen LogP contribution in [0.3, 0.4) is 0 Å². The molecule has 2 amide bonds. The van der Waals surface area contributed by atoms with E-state index in [2.05, 4.69) is 5.32 Å². The fourth-order valence-electron chi connectivity index (χ4n) is 3.30. The first kappa shape index (κ1) is 20.2. The Balaban J connectivity index is 1.74. The highest BCUT2D eigenvalue weighted by atomic mass is 35.5. The Hall–Kier alpha value is -2.53. The summed E-state index contributed by atoms with van der Waals surface area (Å²) in [4.78, 5) is 26.6. The number of aryl methyl sites for hydroxylation is 1. The average molecular weight is 401 g/mol. The van der Waals surface area contributed by atoms with Crippen LogP contribution in [0.1, 0.15) is 31.7 Å². The van der Waals surface area contributed by atoms with Gasteiger partial charge in [0.2, 0.25) is 11.8 Å². The molecule has 1 aliphatic rings. The number of nitrogens with one attached hydrogen (secondary N) is 1. The molecule has 0 saturated carbocycles. The maximum absolute atomic E-state index is 12.8. The maximum Gasteiger partial charge on any atom is 0.229 e. The van der Waals surface area contributed by atoms with E-state index in [9.17, 15) is 9.59 Å². The molecular weight excluding hydrogens is 376 g/mol. The Kier molecular flexibility index (Phi) is 6.57. The number of hydrogen-bond acceptors (Lipinski definition) is 3. The third-order valence-corrected chi connectivity index (χ3v) is 5.13. The highest BCUT2D eigenvalue weighted by Gasteiger charge is 2.28. The molecule has 0 bridgehead atoms. The normalized spacial score (nSPS) is 16.5. The molecule has 0 aromatic heterocycles. The van der Waals surface area contributed by atoms with E-state index in [1.165, 1.54) is 0 Å². The number of nitrogens with zero attached hydrogens (tertiary/aromatic N) is 1. The summed E-state index contributed by atoms with van der Waals surface area (Å²) in [5.41, 5.74) is 1.66. The van der Waals surface area contributed by atoms with Crippen molar-refractivity contribution >= 4 is 29.1 Å². The summed E-state index contributed by atoms with van der Waals surface area (Å²) in [5, 5.41) is 3.46. The van der Waals surface area contributed by atoms with E-state index >= 15 is 0 Å². The third kappa shape index (κ3) is 5.04. The fourth-order valence-corrected chi connectivity index (χ4v) is 3.47. The number of amides is 2. The molecule has 1 fully saturated rings.